The lowest BCUT2D eigenvalue weighted by Crippen LogP contribution is -2.22. The fourth-order valence-corrected chi connectivity index (χ4v) is 4.46. The van der Waals surface area contributed by atoms with Crippen LogP contribution in [0.15, 0.2) is 55.3 Å². The summed E-state index contributed by atoms with van der Waals surface area (Å²) in [6.45, 7) is 1.82. The first-order chi connectivity index (χ1) is 16.8. The van der Waals surface area contributed by atoms with E-state index in [9.17, 15) is 4.79 Å². The smallest absolute Gasteiger partial charge is 0.146 e. The van der Waals surface area contributed by atoms with Gasteiger partial charge in [0.2, 0.25) is 0 Å². The third-order valence-corrected chi connectivity index (χ3v) is 6.13. The number of nitrogens with one attached hydrogen (secondary N) is 4. The van der Waals surface area contributed by atoms with Gasteiger partial charge in [0, 0.05) is 41.1 Å². The fraction of sp³-hybridized carbons (Fsp3) is 0.160. The van der Waals surface area contributed by atoms with Gasteiger partial charge in [-0.25, -0.2) is 15.0 Å². The fourth-order valence-electron chi connectivity index (χ4n) is 4.46. The molecule has 0 saturated carbocycles. The number of carbonyl (C=O) groups is 1. The molecule has 9 heteroatoms. The number of rotatable bonds is 5. The number of hydrogen-bond donors (Lipinski definition) is 4. The van der Waals surface area contributed by atoms with E-state index in [0.29, 0.717) is 5.82 Å². The number of anilines is 2. The summed E-state index contributed by atoms with van der Waals surface area (Å²) in [7, 11) is 0. The van der Waals surface area contributed by atoms with Gasteiger partial charge in [0.25, 0.3) is 0 Å². The normalized spacial score (nSPS) is 17.1. The summed E-state index contributed by atoms with van der Waals surface area (Å²) in [5.74, 6) is 0.602. The number of aromatic nitrogens is 5. The van der Waals surface area contributed by atoms with Crippen molar-refractivity contribution >= 4 is 40.3 Å². The van der Waals surface area contributed by atoms with Crippen molar-refractivity contribution in [2.75, 3.05) is 18.4 Å². The number of pyridine rings is 1. The predicted molar refractivity (Wildman–Crippen MR) is 131 cm³/mol. The number of H-pyrrole nitrogens is 1. The number of benzene rings is 1. The van der Waals surface area contributed by atoms with Crippen molar-refractivity contribution in [2.24, 2.45) is 0 Å². The molecule has 4 aromatic rings. The van der Waals surface area contributed by atoms with Crippen molar-refractivity contribution in [3.8, 4) is 11.3 Å². The molecule has 0 fully saturated rings. The number of aromatic amines is 1. The minimum Gasteiger partial charge on any atom is -0.378 e. The number of aldehydes is 1. The molecule has 2 aliphatic rings. The van der Waals surface area contributed by atoms with Gasteiger partial charge in [-0.1, -0.05) is 6.08 Å². The maximum atomic E-state index is 11.8. The molecule has 2 aliphatic heterocycles. The number of nitrogens with zero attached hydrogens (tertiary/aromatic N) is 4. The maximum Gasteiger partial charge on any atom is 0.146 e. The Labute approximate surface area is 195 Å². The zero-order valence-corrected chi connectivity index (χ0v) is 18.2. The van der Waals surface area contributed by atoms with E-state index in [1.807, 2.05) is 24.3 Å². The SMILES string of the molecule is O=CC1NC=Cc2cc(-c3cncnc3)nc(Nc3ccc4c(C5=CCNCC5)n[nH]c4c3)c21. The van der Waals surface area contributed by atoms with Crippen LogP contribution in [0.5, 0.6) is 0 Å². The van der Waals surface area contributed by atoms with Crippen LogP contribution in [-0.4, -0.2) is 44.5 Å². The summed E-state index contributed by atoms with van der Waals surface area (Å²) < 4.78 is 0. The van der Waals surface area contributed by atoms with E-state index >= 15 is 0 Å². The van der Waals surface area contributed by atoms with Gasteiger partial charge in [0.15, 0.2) is 0 Å². The quantitative estimate of drug-likeness (QED) is 0.342. The third kappa shape index (κ3) is 3.61. The molecule has 6 rings (SSSR count). The lowest BCUT2D eigenvalue weighted by molar-refractivity contribution is -0.109. The van der Waals surface area contributed by atoms with E-state index in [-0.39, 0.29) is 0 Å². The molecule has 1 atom stereocenters. The molecule has 0 saturated heterocycles. The summed E-state index contributed by atoms with van der Waals surface area (Å²) in [6.07, 6.45) is 12.7. The van der Waals surface area contributed by atoms with Gasteiger partial charge < -0.3 is 20.7 Å². The Morgan fingerprint density at radius 2 is 2.06 bits per heavy atom. The highest BCUT2D eigenvalue weighted by Gasteiger charge is 2.23. The third-order valence-electron chi connectivity index (χ3n) is 6.13. The molecule has 0 radical (unpaired) electrons. The van der Waals surface area contributed by atoms with Crippen LogP contribution in [0.1, 0.15) is 29.3 Å². The lowest BCUT2D eigenvalue weighted by atomic mass is 9.97. The molecule has 9 nitrogen and oxygen atoms in total. The van der Waals surface area contributed by atoms with E-state index in [4.69, 9.17) is 4.98 Å². The van der Waals surface area contributed by atoms with Crippen LogP contribution >= 0.6 is 0 Å². The minimum absolute atomic E-state index is 0.495. The van der Waals surface area contributed by atoms with Crippen LogP contribution < -0.4 is 16.0 Å². The average Bonchev–Trinajstić information content (AvgIpc) is 3.32. The highest BCUT2D eigenvalue weighted by Crippen LogP contribution is 2.35. The number of carbonyl (C=O) groups excluding carboxylic acids is 1. The largest absolute Gasteiger partial charge is 0.378 e. The van der Waals surface area contributed by atoms with E-state index in [1.165, 1.54) is 11.9 Å². The summed E-state index contributed by atoms with van der Waals surface area (Å²) in [6, 6.07) is 7.55. The summed E-state index contributed by atoms with van der Waals surface area (Å²) >= 11 is 0. The molecular weight excluding hydrogens is 428 g/mol. The van der Waals surface area contributed by atoms with E-state index < -0.39 is 6.04 Å². The zero-order chi connectivity index (χ0) is 22.9. The van der Waals surface area contributed by atoms with Crippen LogP contribution in [-0.2, 0) is 4.79 Å². The monoisotopic (exact) mass is 450 g/mol. The van der Waals surface area contributed by atoms with Crippen molar-refractivity contribution in [3.05, 3.63) is 72.1 Å². The molecule has 1 unspecified atom stereocenters. The Bertz CT molecular complexity index is 1440. The molecule has 0 spiro atoms. The molecule has 4 N–H and O–H groups in total. The molecule has 1 aromatic carbocycles. The average molecular weight is 451 g/mol. The molecule has 0 bridgehead atoms. The van der Waals surface area contributed by atoms with Gasteiger partial charge in [-0.15, -0.1) is 0 Å². The second-order valence-electron chi connectivity index (χ2n) is 8.24. The van der Waals surface area contributed by atoms with Gasteiger partial charge >= 0.3 is 0 Å². The molecule has 34 heavy (non-hydrogen) atoms. The summed E-state index contributed by atoms with van der Waals surface area (Å²) in [5, 5.41) is 18.7. The van der Waals surface area contributed by atoms with Gasteiger partial charge in [-0.3, -0.25) is 5.10 Å². The zero-order valence-electron chi connectivity index (χ0n) is 18.2. The van der Waals surface area contributed by atoms with Crippen molar-refractivity contribution in [1.29, 1.82) is 0 Å². The molecule has 3 aromatic heterocycles. The van der Waals surface area contributed by atoms with Crippen molar-refractivity contribution < 1.29 is 4.79 Å². The number of fused-ring (bicyclic) bond motifs is 2. The second-order valence-corrected chi connectivity index (χ2v) is 8.24. The van der Waals surface area contributed by atoms with Gasteiger partial charge in [0.1, 0.15) is 24.5 Å². The van der Waals surface area contributed by atoms with E-state index in [2.05, 4.69) is 48.3 Å². The lowest BCUT2D eigenvalue weighted by Gasteiger charge is -2.23. The highest BCUT2D eigenvalue weighted by atomic mass is 16.1. The van der Waals surface area contributed by atoms with Gasteiger partial charge in [-0.05, 0) is 60.6 Å². The van der Waals surface area contributed by atoms with Crippen molar-refractivity contribution in [3.63, 3.8) is 0 Å². The van der Waals surface area contributed by atoms with E-state index in [0.717, 1.165) is 70.5 Å². The highest BCUT2D eigenvalue weighted by molar-refractivity contribution is 5.93. The first-order valence-corrected chi connectivity index (χ1v) is 11.1. The van der Waals surface area contributed by atoms with Crippen LogP contribution in [0.3, 0.4) is 0 Å². The molecule has 168 valence electrons. The molecule has 0 aliphatic carbocycles. The molecule has 5 heterocycles. The van der Waals surface area contributed by atoms with E-state index in [1.54, 1.807) is 18.6 Å². The van der Waals surface area contributed by atoms with Crippen LogP contribution in [0.25, 0.3) is 33.8 Å². The Kier molecular flexibility index (Phi) is 5.08. The molecule has 0 amide bonds. The Morgan fingerprint density at radius 3 is 2.88 bits per heavy atom. The summed E-state index contributed by atoms with van der Waals surface area (Å²) in [5.41, 5.74) is 7.26. The Morgan fingerprint density at radius 1 is 1.15 bits per heavy atom. The first-order valence-electron chi connectivity index (χ1n) is 11.1. The summed E-state index contributed by atoms with van der Waals surface area (Å²) in [4.78, 5) is 24.9. The minimum atomic E-state index is -0.495. The van der Waals surface area contributed by atoms with Crippen LogP contribution in [0, 0.1) is 0 Å². The predicted octanol–water partition coefficient (Wildman–Crippen LogP) is 3.35. The van der Waals surface area contributed by atoms with Crippen LogP contribution in [0.4, 0.5) is 11.5 Å². The van der Waals surface area contributed by atoms with Gasteiger partial charge in [-0.2, -0.15) is 5.10 Å². The van der Waals surface area contributed by atoms with Crippen molar-refractivity contribution in [2.45, 2.75) is 12.5 Å². The molecular formula is C25H22N8O. The number of hydrogen-bond acceptors (Lipinski definition) is 8. The maximum absolute atomic E-state index is 11.8. The Hall–Kier alpha value is -4.37. The van der Waals surface area contributed by atoms with Crippen LogP contribution in [0.2, 0.25) is 0 Å². The standard InChI is InChI=1S/C25H22N8O/c34-13-22-23-16(5-8-29-22)9-20(17-11-27-14-28-12-17)31-25(23)30-18-1-2-19-21(10-18)32-33-24(19)15-3-6-26-7-4-15/h1-3,5,8-14,22,26,29H,4,6-7H2,(H,30,31)(H,32,33). The van der Waals surface area contributed by atoms with Crippen molar-refractivity contribution in [1.82, 2.24) is 35.8 Å². The van der Waals surface area contributed by atoms with Gasteiger partial charge in [0.05, 0.1) is 16.9 Å². The Balaban J connectivity index is 1.41. The topological polar surface area (TPSA) is 121 Å². The second kappa shape index (κ2) is 8.53. The first kappa shape index (κ1) is 20.3.